The standard InChI is InChI=1S/C29H19Cl3N4O2S2/c30-19-6-4-5-17(11-19)12-21-16-34-29(39-21)35-26(37)22(15-33)28-36(20-7-2-1-3-8-20)27(38)25(40-28)14-18-9-10-23(31)24(32)13-18/h1-11,13,16,25H,12,14H2,(H,34,35,37)/b28-22-/t25-/m0/s1. The van der Waals surface area contributed by atoms with Crippen LogP contribution < -0.4 is 10.2 Å². The number of thioether (sulfide) groups is 1. The third-order valence-corrected chi connectivity index (χ3v) is 9.12. The third kappa shape index (κ3) is 6.35. The number of amides is 2. The minimum absolute atomic E-state index is 0.176. The first-order valence-corrected chi connectivity index (χ1v) is 14.8. The van der Waals surface area contributed by atoms with Gasteiger partial charge in [-0.05, 0) is 53.9 Å². The molecule has 40 heavy (non-hydrogen) atoms. The van der Waals surface area contributed by atoms with Gasteiger partial charge in [0, 0.05) is 28.2 Å². The van der Waals surface area contributed by atoms with E-state index in [1.807, 2.05) is 30.3 Å². The summed E-state index contributed by atoms with van der Waals surface area (Å²) in [5.41, 5.74) is 2.21. The number of anilines is 2. The van der Waals surface area contributed by atoms with E-state index in [4.69, 9.17) is 34.8 Å². The second kappa shape index (κ2) is 12.5. The highest BCUT2D eigenvalue weighted by atomic mass is 35.5. The predicted molar refractivity (Wildman–Crippen MR) is 163 cm³/mol. The van der Waals surface area contributed by atoms with Gasteiger partial charge in [0.1, 0.15) is 16.7 Å². The maximum atomic E-state index is 13.6. The van der Waals surface area contributed by atoms with E-state index in [2.05, 4.69) is 10.3 Å². The summed E-state index contributed by atoms with van der Waals surface area (Å²) in [5, 5.41) is 14.3. The number of rotatable bonds is 7. The summed E-state index contributed by atoms with van der Waals surface area (Å²) in [5.74, 6) is -0.881. The molecule has 1 saturated heterocycles. The van der Waals surface area contributed by atoms with Crippen LogP contribution >= 0.6 is 57.9 Å². The van der Waals surface area contributed by atoms with Crippen LogP contribution in [0.5, 0.6) is 0 Å². The van der Waals surface area contributed by atoms with E-state index < -0.39 is 11.2 Å². The maximum Gasteiger partial charge on any atom is 0.270 e. The lowest BCUT2D eigenvalue weighted by Gasteiger charge is -2.18. The average molecular weight is 626 g/mol. The Balaban J connectivity index is 1.41. The molecule has 0 radical (unpaired) electrons. The number of carbonyl (C=O) groups excluding carboxylic acids is 2. The lowest BCUT2D eigenvalue weighted by atomic mass is 10.1. The van der Waals surface area contributed by atoms with Gasteiger partial charge in [-0.3, -0.25) is 19.8 Å². The molecule has 1 aliphatic rings. The molecule has 4 aromatic rings. The Bertz CT molecular complexity index is 1670. The van der Waals surface area contributed by atoms with E-state index in [-0.39, 0.29) is 16.5 Å². The van der Waals surface area contributed by atoms with Crippen LogP contribution in [0.3, 0.4) is 0 Å². The summed E-state index contributed by atoms with van der Waals surface area (Å²) in [7, 11) is 0. The van der Waals surface area contributed by atoms with Crippen molar-refractivity contribution in [1.29, 1.82) is 5.26 Å². The zero-order valence-corrected chi connectivity index (χ0v) is 24.5. The molecule has 3 aromatic carbocycles. The van der Waals surface area contributed by atoms with Crippen molar-refractivity contribution in [2.24, 2.45) is 0 Å². The molecule has 0 aliphatic carbocycles. The molecule has 11 heteroatoms. The number of hydrogen-bond acceptors (Lipinski definition) is 6. The number of benzene rings is 3. The highest BCUT2D eigenvalue weighted by molar-refractivity contribution is 8.05. The maximum absolute atomic E-state index is 13.6. The van der Waals surface area contributed by atoms with Gasteiger partial charge in [-0.15, -0.1) is 11.3 Å². The minimum Gasteiger partial charge on any atom is -0.297 e. The number of aromatic nitrogens is 1. The molecule has 5 rings (SSSR count). The first-order chi connectivity index (χ1) is 19.3. The van der Waals surface area contributed by atoms with Gasteiger partial charge < -0.3 is 0 Å². The van der Waals surface area contributed by atoms with E-state index in [1.165, 1.54) is 28.0 Å². The number of carbonyl (C=O) groups is 2. The van der Waals surface area contributed by atoms with Gasteiger partial charge >= 0.3 is 0 Å². The number of hydrogen-bond donors (Lipinski definition) is 1. The molecule has 2 heterocycles. The number of nitrogens with one attached hydrogen (secondary N) is 1. The van der Waals surface area contributed by atoms with Crippen LogP contribution in [0.4, 0.5) is 10.8 Å². The number of nitriles is 1. The summed E-state index contributed by atoms with van der Waals surface area (Å²) in [6, 6.07) is 23.7. The molecular weight excluding hydrogens is 607 g/mol. The molecule has 1 fully saturated rings. The van der Waals surface area contributed by atoms with Gasteiger partial charge in [-0.2, -0.15) is 5.26 Å². The number of halogens is 3. The lowest BCUT2D eigenvalue weighted by molar-refractivity contribution is -0.117. The van der Waals surface area contributed by atoms with Gasteiger partial charge in [-0.1, -0.05) is 83.0 Å². The molecule has 0 unspecified atom stereocenters. The molecule has 6 nitrogen and oxygen atoms in total. The topological polar surface area (TPSA) is 86.1 Å². The van der Waals surface area contributed by atoms with Crippen LogP contribution in [0, 0.1) is 11.3 Å². The van der Waals surface area contributed by atoms with E-state index >= 15 is 0 Å². The molecule has 1 aliphatic heterocycles. The van der Waals surface area contributed by atoms with Gasteiger partial charge in [0.15, 0.2) is 5.13 Å². The Morgan fingerprint density at radius 1 is 1.00 bits per heavy atom. The Kier molecular flexibility index (Phi) is 8.79. The second-order valence-corrected chi connectivity index (χ2v) is 12.3. The fourth-order valence-electron chi connectivity index (χ4n) is 4.13. The molecule has 2 amide bonds. The number of para-hydroxylation sites is 1. The third-order valence-electron chi connectivity index (χ3n) is 5.97. The summed E-state index contributed by atoms with van der Waals surface area (Å²) >= 11 is 20.8. The number of thiazole rings is 1. The molecular formula is C29H19Cl3N4O2S2. The first kappa shape index (κ1) is 28.2. The van der Waals surface area contributed by atoms with Crippen molar-refractivity contribution in [2.75, 3.05) is 10.2 Å². The number of nitrogens with zero attached hydrogens (tertiary/aromatic N) is 3. The van der Waals surface area contributed by atoms with Crippen molar-refractivity contribution in [3.63, 3.8) is 0 Å². The molecule has 1 N–H and O–H groups in total. The Morgan fingerprint density at radius 3 is 2.52 bits per heavy atom. The van der Waals surface area contributed by atoms with Crippen LogP contribution in [-0.2, 0) is 22.4 Å². The average Bonchev–Trinajstić information content (AvgIpc) is 3.50. The van der Waals surface area contributed by atoms with Crippen molar-refractivity contribution >= 4 is 80.5 Å². The van der Waals surface area contributed by atoms with Crippen LogP contribution in [0.15, 0.2) is 89.6 Å². The van der Waals surface area contributed by atoms with Gasteiger partial charge in [0.2, 0.25) is 5.91 Å². The fraction of sp³-hybridized carbons (Fsp3) is 0.103. The minimum atomic E-state index is -0.641. The van der Waals surface area contributed by atoms with Crippen molar-refractivity contribution in [2.45, 2.75) is 18.1 Å². The van der Waals surface area contributed by atoms with E-state index in [9.17, 15) is 14.9 Å². The smallest absolute Gasteiger partial charge is 0.270 e. The van der Waals surface area contributed by atoms with Crippen molar-refractivity contribution in [3.8, 4) is 6.07 Å². The largest absolute Gasteiger partial charge is 0.297 e. The fourth-order valence-corrected chi connectivity index (χ4v) is 6.82. The van der Waals surface area contributed by atoms with Crippen molar-refractivity contribution < 1.29 is 9.59 Å². The molecule has 0 bridgehead atoms. The zero-order valence-electron chi connectivity index (χ0n) is 20.6. The Morgan fingerprint density at radius 2 is 1.80 bits per heavy atom. The van der Waals surface area contributed by atoms with E-state index in [1.54, 1.807) is 54.7 Å². The highest BCUT2D eigenvalue weighted by Gasteiger charge is 2.41. The SMILES string of the molecule is N#C/C(C(=O)Nc1ncc(Cc2cccc(Cl)c2)s1)=C1/S[C@@H](Cc2ccc(Cl)c(Cl)c2)C(=O)N1c1ccccc1. The Labute approximate surface area is 254 Å². The quantitative estimate of drug-likeness (QED) is 0.168. The van der Waals surface area contributed by atoms with Crippen LogP contribution in [-0.4, -0.2) is 22.0 Å². The normalized spacial score (nSPS) is 16.1. The van der Waals surface area contributed by atoms with Crippen LogP contribution in [0.25, 0.3) is 0 Å². The molecule has 0 saturated carbocycles. The van der Waals surface area contributed by atoms with Gasteiger partial charge in [0.05, 0.1) is 15.3 Å². The van der Waals surface area contributed by atoms with Crippen molar-refractivity contribution in [3.05, 3.63) is 121 Å². The molecule has 1 aromatic heterocycles. The van der Waals surface area contributed by atoms with Crippen LogP contribution in [0.1, 0.15) is 16.0 Å². The van der Waals surface area contributed by atoms with Gasteiger partial charge in [0.25, 0.3) is 5.91 Å². The first-order valence-electron chi connectivity index (χ1n) is 12.0. The Hall–Kier alpha value is -3.32. The van der Waals surface area contributed by atoms with Crippen molar-refractivity contribution in [1.82, 2.24) is 4.98 Å². The monoisotopic (exact) mass is 624 g/mol. The van der Waals surface area contributed by atoms with E-state index in [0.717, 1.165) is 16.0 Å². The highest BCUT2D eigenvalue weighted by Crippen LogP contribution is 2.42. The van der Waals surface area contributed by atoms with Crippen LogP contribution in [0.2, 0.25) is 15.1 Å². The van der Waals surface area contributed by atoms with Gasteiger partial charge in [-0.25, -0.2) is 4.98 Å². The lowest BCUT2D eigenvalue weighted by Crippen LogP contribution is -2.30. The molecule has 0 spiro atoms. The van der Waals surface area contributed by atoms with E-state index in [0.29, 0.717) is 38.7 Å². The summed E-state index contributed by atoms with van der Waals surface area (Å²) < 4.78 is 0. The second-order valence-electron chi connectivity index (χ2n) is 8.75. The summed E-state index contributed by atoms with van der Waals surface area (Å²) in [6.45, 7) is 0. The summed E-state index contributed by atoms with van der Waals surface area (Å²) in [6.07, 6.45) is 2.62. The molecule has 1 atom stereocenters. The summed E-state index contributed by atoms with van der Waals surface area (Å²) in [4.78, 5) is 33.6. The zero-order chi connectivity index (χ0) is 28.2. The molecule has 200 valence electrons. The predicted octanol–water partition coefficient (Wildman–Crippen LogP) is 7.76.